The molecule has 0 bridgehead atoms. The molecule has 5 atom stereocenters. The van der Waals surface area contributed by atoms with Crippen molar-refractivity contribution in [3.63, 3.8) is 0 Å². The van der Waals surface area contributed by atoms with E-state index in [0.717, 1.165) is 5.56 Å². The summed E-state index contributed by atoms with van der Waals surface area (Å²) in [5, 5.41) is 20.1. The van der Waals surface area contributed by atoms with Gasteiger partial charge in [0.1, 0.15) is 18.1 Å². The molecule has 14 heteroatoms. The molecule has 0 saturated carbocycles. The van der Waals surface area contributed by atoms with Gasteiger partial charge in [-0.1, -0.05) is 64.4 Å². The quantitative estimate of drug-likeness (QED) is 0.0439. The summed E-state index contributed by atoms with van der Waals surface area (Å²) in [5.74, 6) is -5.29. The van der Waals surface area contributed by atoms with E-state index in [4.69, 9.17) is 16.9 Å². The fourth-order valence-electron chi connectivity index (χ4n) is 4.42. The topological polar surface area (TPSA) is 238 Å². The standard InChI is InChI=1S/C30H48N8O6/c1-6-18(4)24(25(40)29(44)36-21(26(31)41)13-10-14-34-30(32)33)38-28(43)22(15-17(2)3)37-27(42)23(35-19(5)39)16-20-11-8-7-9-12-20/h7-9,11-12,17-18,21-24H,6,10,13-16H2,1-5H3,(H2,31,41)(H,35,39)(H,36,44)(H,37,42)(H,38,43)(H4,32,33,34). The van der Waals surface area contributed by atoms with Gasteiger partial charge in [-0.15, -0.1) is 0 Å². The van der Waals surface area contributed by atoms with E-state index in [9.17, 15) is 28.8 Å². The van der Waals surface area contributed by atoms with E-state index < -0.39 is 65.4 Å². The molecule has 0 radical (unpaired) electrons. The lowest BCUT2D eigenvalue weighted by atomic mass is 9.93. The Bertz CT molecular complexity index is 1160. The van der Waals surface area contributed by atoms with Crippen LogP contribution in [-0.2, 0) is 35.2 Å². The molecule has 0 aliphatic carbocycles. The predicted molar refractivity (Wildman–Crippen MR) is 166 cm³/mol. The van der Waals surface area contributed by atoms with Gasteiger partial charge in [-0.2, -0.15) is 0 Å². The van der Waals surface area contributed by atoms with E-state index in [1.807, 2.05) is 44.2 Å². The fraction of sp³-hybridized carbons (Fsp3) is 0.567. The largest absolute Gasteiger partial charge is 0.370 e. The second-order valence-corrected chi connectivity index (χ2v) is 11.3. The number of ketones is 1. The first kappa shape index (κ1) is 37.5. The summed E-state index contributed by atoms with van der Waals surface area (Å²) in [6.45, 7) is 8.76. The van der Waals surface area contributed by atoms with Gasteiger partial charge < -0.3 is 38.1 Å². The van der Waals surface area contributed by atoms with Gasteiger partial charge in [0.25, 0.3) is 5.91 Å². The first-order chi connectivity index (χ1) is 20.7. The third-order valence-electron chi connectivity index (χ3n) is 6.97. The summed E-state index contributed by atoms with van der Waals surface area (Å²) in [4.78, 5) is 76.9. The molecule has 1 rings (SSSR count). The normalized spacial score (nSPS) is 14.2. The van der Waals surface area contributed by atoms with E-state index >= 15 is 0 Å². The lowest BCUT2D eigenvalue weighted by molar-refractivity contribution is -0.142. The van der Waals surface area contributed by atoms with Gasteiger partial charge in [-0.05, 0) is 36.7 Å². The Morgan fingerprint density at radius 1 is 0.841 bits per heavy atom. The number of carbonyl (C=O) groups is 6. The lowest BCUT2D eigenvalue weighted by Gasteiger charge is -2.28. The average molecular weight is 617 g/mol. The zero-order chi connectivity index (χ0) is 33.4. The Hall–Kier alpha value is -4.49. The number of hydrogen-bond donors (Lipinski definition) is 8. The van der Waals surface area contributed by atoms with Crippen LogP contribution >= 0.6 is 0 Å². The SMILES string of the molecule is CCC(C)C(NC(=O)C(CC(C)C)NC(=O)C(Cc1ccccc1)NC(C)=O)C(=O)C(=O)NC(CCCNC(=N)N)C(N)=O. The summed E-state index contributed by atoms with van der Waals surface area (Å²) >= 11 is 0. The maximum absolute atomic E-state index is 13.5. The number of nitrogens with two attached hydrogens (primary N) is 2. The van der Waals surface area contributed by atoms with Gasteiger partial charge in [0, 0.05) is 19.9 Å². The minimum absolute atomic E-state index is 0.0331. The number of rotatable bonds is 19. The lowest BCUT2D eigenvalue weighted by Crippen LogP contribution is -2.59. The van der Waals surface area contributed by atoms with Crippen molar-refractivity contribution in [3.8, 4) is 0 Å². The van der Waals surface area contributed by atoms with Crippen molar-refractivity contribution in [2.45, 2.75) is 90.9 Å². The Labute approximate surface area is 258 Å². The van der Waals surface area contributed by atoms with E-state index in [2.05, 4.69) is 26.6 Å². The molecule has 10 N–H and O–H groups in total. The van der Waals surface area contributed by atoms with E-state index in [-0.39, 0.29) is 37.7 Å². The minimum Gasteiger partial charge on any atom is -0.370 e. The highest BCUT2D eigenvalue weighted by molar-refractivity contribution is 6.38. The van der Waals surface area contributed by atoms with Crippen LogP contribution in [0.25, 0.3) is 0 Å². The predicted octanol–water partition coefficient (Wildman–Crippen LogP) is -0.402. The van der Waals surface area contributed by atoms with Gasteiger partial charge in [0.05, 0.1) is 6.04 Å². The highest BCUT2D eigenvalue weighted by atomic mass is 16.2. The molecular weight excluding hydrogens is 568 g/mol. The third-order valence-corrected chi connectivity index (χ3v) is 6.97. The second-order valence-electron chi connectivity index (χ2n) is 11.3. The summed E-state index contributed by atoms with van der Waals surface area (Å²) in [6, 6.07) is 4.67. The Balaban J connectivity index is 3.10. The van der Waals surface area contributed by atoms with E-state index in [0.29, 0.717) is 12.8 Å². The van der Waals surface area contributed by atoms with Gasteiger partial charge in [0.2, 0.25) is 29.4 Å². The number of amides is 5. The number of guanidine groups is 1. The van der Waals surface area contributed by atoms with Crippen LogP contribution in [0.3, 0.4) is 0 Å². The molecular formula is C30H48N8O6. The van der Waals surface area contributed by atoms with Crippen LogP contribution in [0.4, 0.5) is 0 Å². The van der Waals surface area contributed by atoms with Gasteiger partial charge >= 0.3 is 0 Å². The summed E-state index contributed by atoms with van der Waals surface area (Å²) in [5.41, 5.74) is 11.5. The molecule has 44 heavy (non-hydrogen) atoms. The molecule has 0 aliphatic rings. The highest BCUT2D eigenvalue weighted by Crippen LogP contribution is 2.13. The fourth-order valence-corrected chi connectivity index (χ4v) is 4.42. The summed E-state index contributed by atoms with van der Waals surface area (Å²) < 4.78 is 0. The van der Waals surface area contributed by atoms with Crippen LogP contribution in [0.15, 0.2) is 30.3 Å². The van der Waals surface area contributed by atoms with Crippen molar-refractivity contribution < 1.29 is 28.8 Å². The number of hydrogen-bond acceptors (Lipinski definition) is 7. The van der Waals surface area contributed by atoms with E-state index in [1.54, 1.807) is 13.8 Å². The van der Waals surface area contributed by atoms with Crippen LogP contribution in [0.2, 0.25) is 0 Å². The first-order valence-corrected chi connectivity index (χ1v) is 14.8. The zero-order valence-electron chi connectivity index (χ0n) is 26.2. The van der Waals surface area contributed by atoms with Crippen LogP contribution in [0.5, 0.6) is 0 Å². The molecule has 1 aromatic rings. The number of Topliss-reactive ketones (excluding diaryl/α,β-unsaturated/α-hetero) is 1. The van der Waals surface area contributed by atoms with Crippen LogP contribution in [0, 0.1) is 17.2 Å². The van der Waals surface area contributed by atoms with Crippen molar-refractivity contribution in [1.82, 2.24) is 26.6 Å². The van der Waals surface area contributed by atoms with E-state index in [1.165, 1.54) is 6.92 Å². The highest BCUT2D eigenvalue weighted by Gasteiger charge is 2.35. The molecule has 14 nitrogen and oxygen atoms in total. The number of primary amides is 1. The first-order valence-electron chi connectivity index (χ1n) is 14.8. The van der Waals surface area contributed by atoms with Crippen molar-refractivity contribution in [1.29, 1.82) is 5.41 Å². The smallest absolute Gasteiger partial charge is 0.290 e. The molecule has 0 spiro atoms. The molecule has 0 fully saturated rings. The Morgan fingerprint density at radius 3 is 1.98 bits per heavy atom. The number of carbonyl (C=O) groups excluding carboxylic acids is 6. The number of benzene rings is 1. The van der Waals surface area contributed by atoms with Crippen LogP contribution < -0.4 is 38.1 Å². The number of nitrogens with one attached hydrogen (secondary N) is 6. The van der Waals surface area contributed by atoms with Gasteiger partial charge in [-0.3, -0.25) is 34.2 Å². The molecule has 0 aromatic heterocycles. The van der Waals surface area contributed by atoms with Crippen molar-refractivity contribution in [2.75, 3.05) is 6.54 Å². The summed E-state index contributed by atoms with van der Waals surface area (Å²) in [6.07, 6.45) is 1.27. The maximum atomic E-state index is 13.5. The van der Waals surface area contributed by atoms with Gasteiger partial charge in [-0.25, -0.2) is 0 Å². The summed E-state index contributed by atoms with van der Waals surface area (Å²) in [7, 11) is 0. The molecule has 1 aromatic carbocycles. The average Bonchev–Trinajstić information content (AvgIpc) is 2.95. The van der Waals surface area contributed by atoms with Crippen molar-refractivity contribution >= 4 is 41.3 Å². The molecule has 0 aliphatic heterocycles. The van der Waals surface area contributed by atoms with Crippen molar-refractivity contribution in [2.24, 2.45) is 23.3 Å². The molecule has 0 saturated heterocycles. The van der Waals surface area contributed by atoms with Crippen LogP contribution in [-0.4, -0.2) is 72.0 Å². The molecule has 244 valence electrons. The zero-order valence-corrected chi connectivity index (χ0v) is 26.2. The van der Waals surface area contributed by atoms with Gasteiger partial charge in [0.15, 0.2) is 5.96 Å². The van der Waals surface area contributed by atoms with Crippen molar-refractivity contribution in [3.05, 3.63) is 35.9 Å². The monoisotopic (exact) mass is 616 g/mol. The second kappa shape index (κ2) is 18.9. The maximum Gasteiger partial charge on any atom is 0.290 e. The Kier molecular flexibility index (Phi) is 16.1. The molecule has 0 heterocycles. The Morgan fingerprint density at radius 2 is 1.45 bits per heavy atom. The molecule has 5 unspecified atom stereocenters. The van der Waals surface area contributed by atoms with Crippen LogP contribution in [0.1, 0.15) is 65.9 Å². The molecule has 5 amide bonds. The minimum atomic E-state index is -1.25. The third kappa shape index (κ3) is 13.7.